The summed E-state index contributed by atoms with van der Waals surface area (Å²) in [6.07, 6.45) is 3.12. The molecule has 0 saturated carbocycles. The van der Waals surface area contributed by atoms with Crippen LogP contribution in [0.5, 0.6) is 17.4 Å². The minimum absolute atomic E-state index is 0.00218. The first kappa shape index (κ1) is 15.8. The minimum atomic E-state index is -0.00218. The maximum atomic E-state index is 11.0. The average molecular weight is 300 g/mol. The van der Waals surface area contributed by atoms with Gasteiger partial charge in [0.25, 0.3) is 0 Å². The summed E-state index contributed by atoms with van der Waals surface area (Å²) in [5.41, 5.74) is 1.18. The summed E-state index contributed by atoms with van der Waals surface area (Å²) in [7, 11) is 0. The number of aromatic nitrogens is 1. The summed E-state index contributed by atoms with van der Waals surface area (Å²) in [5, 5.41) is 12.0. The van der Waals surface area contributed by atoms with E-state index in [-0.39, 0.29) is 17.7 Å². The molecule has 0 radical (unpaired) electrons. The van der Waals surface area contributed by atoms with Crippen LogP contribution in [0.2, 0.25) is 0 Å². The van der Waals surface area contributed by atoms with E-state index in [0.717, 1.165) is 12.8 Å². The van der Waals surface area contributed by atoms with Crippen molar-refractivity contribution < 1.29 is 14.6 Å². The van der Waals surface area contributed by atoms with Crippen LogP contribution < -0.4 is 10.1 Å². The fraction of sp³-hybridized carbons (Fsp3) is 0.294. The Morgan fingerprint density at radius 2 is 2.00 bits per heavy atom. The van der Waals surface area contributed by atoms with Gasteiger partial charge in [-0.2, -0.15) is 0 Å². The molecule has 0 fully saturated rings. The smallest absolute Gasteiger partial charge is 0.219 e. The molecule has 5 nitrogen and oxygen atoms in total. The molecule has 0 aliphatic carbocycles. The fourth-order valence-corrected chi connectivity index (χ4v) is 2.08. The summed E-state index contributed by atoms with van der Waals surface area (Å²) >= 11 is 0. The van der Waals surface area contributed by atoms with E-state index in [1.165, 1.54) is 24.8 Å². The molecular formula is C17H20N2O3. The topological polar surface area (TPSA) is 71.5 Å². The number of aromatic hydroxyl groups is 1. The number of hydrogen-bond acceptors (Lipinski definition) is 4. The summed E-state index contributed by atoms with van der Waals surface area (Å²) in [6.45, 7) is 3.52. The van der Waals surface area contributed by atoms with Gasteiger partial charge in [0.1, 0.15) is 11.5 Å². The predicted molar refractivity (Wildman–Crippen MR) is 84.0 cm³/mol. The van der Waals surface area contributed by atoms with Crippen molar-refractivity contribution in [2.24, 2.45) is 0 Å². The van der Waals surface area contributed by atoms with E-state index in [1.807, 2.05) is 31.2 Å². The molecule has 0 aliphatic rings. The average Bonchev–Trinajstić information content (AvgIpc) is 2.48. The number of ether oxygens (including phenoxy) is 1. The number of nitrogens with one attached hydrogen (secondary N) is 1. The molecule has 0 saturated heterocycles. The third-order valence-electron chi connectivity index (χ3n) is 3.18. The molecule has 2 rings (SSSR count). The Bertz CT molecular complexity index is 609. The molecule has 1 aromatic heterocycles. The fourth-order valence-electron chi connectivity index (χ4n) is 2.08. The quantitative estimate of drug-likeness (QED) is 0.860. The predicted octanol–water partition coefficient (Wildman–Crippen LogP) is 3.04. The Balaban J connectivity index is 1.87. The third kappa shape index (κ3) is 5.09. The molecule has 0 spiro atoms. The summed E-state index contributed by atoms with van der Waals surface area (Å²) in [5.74, 6) is 1.23. The first-order chi connectivity index (χ1) is 10.5. The number of benzene rings is 1. The molecule has 1 amide bonds. The highest BCUT2D eigenvalue weighted by molar-refractivity contribution is 5.73. The second-order valence-electron chi connectivity index (χ2n) is 5.24. The number of nitrogens with zero attached hydrogens (tertiary/aromatic N) is 1. The Hall–Kier alpha value is -2.56. The first-order valence-electron chi connectivity index (χ1n) is 7.22. The maximum Gasteiger partial charge on any atom is 0.219 e. The molecule has 2 aromatic rings. The van der Waals surface area contributed by atoms with E-state index < -0.39 is 0 Å². The summed E-state index contributed by atoms with van der Waals surface area (Å²) in [4.78, 5) is 14.9. The van der Waals surface area contributed by atoms with Gasteiger partial charge in [-0.3, -0.25) is 4.79 Å². The number of rotatable bonds is 6. The van der Waals surface area contributed by atoms with Crippen LogP contribution in [-0.2, 0) is 11.2 Å². The van der Waals surface area contributed by atoms with Crippen LogP contribution in [0.1, 0.15) is 25.8 Å². The number of amides is 1. The van der Waals surface area contributed by atoms with Gasteiger partial charge in [0.2, 0.25) is 11.8 Å². The molecule has 1 aromatic carbocycles. The van der Waals surface area contributed by atoms with Gasteiger partial charge in [0.05, 0.1) is 6.20 Å². The van der Waals surface area contributed by atoms with Crippen molar-refractivity contribution in [3.05, 3.63) is 48.2 Å². The molecule has 0 bridgehead atoms. The van der Waals surface area contributed by atoms with Gasteiger partial charge in [-0.1, -0.05) is 12.1 Å². The number of aryl methyl sites for hydroxylation is 1. The van der Waals surface area contributed by atoms with Crippen LogP contribution in [0, 0.1) is 0 Å². The van der Waals surface area contributed by atoms with E-state index in [9.17, 15) is 9.90 Å². The van der Waals surface area contributed by atoms with E-state index in [1.54, 1.807) is 6.07 Å². The monoisotopic (exact) mass is 300 g/mol. The van der Waals surface area contributed by atoms with Crippen molar-refractivity contribution in [2.45, 2.75) is 32.7 Å². The van der Waals surface area contributed by atoms with Gasteiger partial charge in [0.15, 0.2) is 0 Å². The number of pyridine rings is 1. The maximum absolute atomic E-state index is 11.0. The van der Waals surface area contributed by atoms with Gasteiger partial charge in [0, 0.05) is 19.0 Å². The number of hydrogen-bond donors (Lipinski definition) is 2. The molecule has 2 N–H and O–H groups in total. The van der Waals surface area contributed by atoms with Crippen molar-refractivity contribution in [3.8, 4) is 17.4 Å². The lowest BCUT2D eigenvalue weighted by atomic mass is 10.1. The Morgan fingerprint density at radius 3 is 2.59 bits per heavy atom. The van der Waals surface area contributed by atoms with Crippen molar-refractivity contribution in [1.29, 1.82) is 0 Å². The van der Waals surface area contributed by atoms with Crippen LogP contribution in [-0.4, -0.2) is 22.0 Å². The molecule has 1 heterocycles. The number of carbonyl (C=O) groups excluding carboxylic acids is 1. The molecule has 1 atom stereocenters. The van der Waals surface area contributed by atoms with E-state index in [0.29, 0.717) is 11.6 Å². The molecule has 5 heteroatoms. The highest BCUT2D eigenvalue weighted by atomic mass is 16.5. The highest BCUT2D eigenvalue weighted by Crippen LogP contribution is 2.21. The van der Waals surface area contributed by atoms with Crippen molar-refractivity contribution in [1.82, 2.24) is 10.3 Å². The molecular weight excluding hydrogens is 280 g/mol. The Kier molecular flexibility index (Phi) is 5.36. The molecule has 116 valence electrons. The lowest BCUT2D eigenvalue weighted by Gasteiger charge is -2.12. The highest BCUT2D eigenvalue weighted by Gasteiger charge is 2.04. The van der Waals surface area contributed by atoms with Gasteiger partial charge in [-0.25, -0.2) is 4.98 Å². The largest absolute Gasteiger partial charge is 0.506 e. The van der Waals surface area contributed by atoms with Crippen molar-refractivity contribution >= 4 is 5.91 Å². The first-order valence-corrected chi connectivity index (χ1v) is 7.22. The van der Waals surface area contributed by atoms with Gasteiger partial charge >= 0.3 is 0 Å². The zero-order valence-electron chi connectivity index (χ0n) is 12.7. The van der Waals surface area contributed by atoms with Crippen LogP contribution in [0.3, 0.4) is 0 Å². The minimum Gasteiger partial charge on any atom is -0.506 e. The Morgan fingerprint density at radius 1 is 1.27 bits per heavy atom. The normalized spacial score (nSPS) is 11.7. The molecule has 0 unspecified atom stereocenters. The lowest BCUT2D eigenvalue weighted by molar-refractivity contribution is -0.119. The second kappa shape index (κ2) is 7.45. The number of carbonyl (C=O) groups is 1. The summed E-state index contributed by atoms with van der Waals surface area (Å²) in [6, 6.07) is 11.1. The Labute approximate surface area is 130 Å². The van der Waals surface area contributed by atoms with Crippen molar-refractivity contribution in [2.75, 3.05) is 0 Å². The summed E-state index contributed by atoms with van der Waals surface area (Å²) < 4.78 is 5.59. The zero-order valence-corrected chi connectivity index (χ0v) is 12.7. The van der Waals surface area contributed by atoms with Crippen LogP contribution in [0.4, 0.5) is 0 Å². The SMILES string of the molecule is CC(=O)N[C@@H](C)CCc1ccc(Oc2ccc(O)cn2)cc1. The van der Waals surface area contributed by atoms with Crippen molar-refractivity contribution in [3.63, 3.8) is 0 Å². The van der Waals surface area contributed by atoms with Gasteiger partial charge in [-0.05, 0) is 43.5 Å². The molecule has 0 aliphatic heterocycles. The second-order valence-corrected chi connectivity index (χ2v) is 5.24. The van der Waals surface area contributed by atoms with Crippen LogP contribution >= 0.6 is 0 Å². The lowest BCUT2D eigenvalue weighted by Crippen LogP contribution is -2.30. The zero-order chi connectivity index (χ0) is 15.9. The third-order valence-corrected chi connectivity index (χ3v) is 3.18. The van der Waals surface area contributed by atoms with Gasteiger partial charge < -0.3 is 15.2 Å². The van der Waals surface area contributed by atoms with Crippen LogP contribution in [0.15, 0.2) is 42.6 Å². The standard InChI is InChI=1S/C17H20N2O3/c1-12(19-13(2)20)3-4-14-5-8-16(9-6-14)22-17-10-7-15(21)11-18-17/h5-12,21H,3-4H2,1-2H3,(H,19,20)/t12-/m0/s1. The van der Waals surface area contributed by atoms with Gasteiger partial charge in [-0.15, -0.1) is 0 Å². The van der Waals surface area contributed by atoms with E-state index >= 15 is 0 Å². The molecule has 22 heavy (non-hydrogen) atoms. The van der Waals surface area contributed by atoms with E-state index in [2.05, 4.69) is 10.3 Å². The van der Waals surface area contributed by atoms with E-state index in [4.69, 9.17) is 4.74 Å². The van der Waals surface area contributed by atoms with Crippen LogP contribution in [0.25, 0.3) is 0 Å².